The van der Waals surface area contributed by atoms with Crippen molar-refractivity contribution >= 4 is 27.5 Å². The number of rotatable bonds is 5. The summed E-state index contributed by atoms with van der Waals surface area (Å²) in [5, 5.41) is 7.34. The van der Waals surface area contributed by atoms with Crippen LogP contribution in [0.1, 0.15) is 18.3 Å². The van der Waals surface area contributed by atoms with E-state index in [1.165, 1.54) is 0 Å². The van der Waals surface area contributed by atoms with Crippen LogP contribution in [-0.2, 0) is 11.3 Å². The van der Waals surface area contributed by atoms with Gasteiger partial charge in [0.15, 0.2) is 0 Å². The van der Waals surface area contributed by atoms with Gasteiger partial charge in [0.25, 0.3) is 0 Å². The van der Waals surface area contributed by atoms with Crippen molar-refractivity contribution in [2.24, 2.45) is 5.92 Å². The Morgan fingerprint density at radius 2 is 2.18 bits per heavy atom. The molecular formula is C16H20BrN3O2. The number of halogens is 1. The zero-order valence-electron chi connectivity index (χ0n) is 13.2. The molecule has 2 aromatic rings. The lowest BCUT2D eigenvalue weighted by molar-refractivity contribution is -0.119. The van der Waals surface area contributed by atoms with E-state index in [1.54, 1.807) is 13.2 Å². The molecule has 5 nitrogen and oxygen atoms in total. The largest absolute Gasteiger partial charge is 0.497 e. The molecule has 1 atom stereocenters. The smallest absolute Gasteiger partial charge is 0.229 e. The molecule has 0 aliphatic carbocycles. The van der Waals surface area contributed by atoms with Gasteiger partial charge in [-0.15, -0.1) is 0 Å². The lowest BCUT2D eigenvalue weighted by Gasteiger charge is -2.14. The third-order valence-corrected chi connectivity index (χ3v) is 4.67. The predicted molar refractivity (Wildman–Crippen MR) is 90.2 cm³/mol. The monoisotopic (exact) mass is 365 g/mol. The van der Waals surface area contributed by atoms with Crippen LogP contribution in [0.15, 0.2) is 28.7 Å². The molecule has 1 heterocycles. The summed E-state index contributed by atoms with van der Waals surface area (Å²) in [6.45, 7) is 6.35. The minimum atomic E-state index is -0.198. The first-order valence-corrected chi connectivity index (χ1v) is 7.86. The highest BCUT2D eigenvalue weighted by atomic mass is 79.9. The summed E-state index contributed by atoms with van der Waals surface area (Å²) >= 11 is 3.50. The van der Waals surface area contributed by atoms with Gasteiger partial charge in [-0.3, -0.25) is 9.48 Å². The molecule has 0 unspecified atom stereocenters. The summed E-state index contributed by atoms with van der Waals surface area (Å²) in [5.74, 6) is 0.473. The first kappa shape index (κ1) is 16.5. The maximum atomic E-state index is 12.3. The summed E-state index contributed by atoms with van der Waals surface area (Å²) in [5.41, 5.74) is 2.68. The highest BCUT2D eigenvalue weighted by Crippen LogP contribution is 2.21. The fraction of sp³-hybridized carbons (Fsp3) is 0.375. The van der Waals surface area contributed by atoms with Crippen molar-refractivity contribution in [2.45, 2.75) is 27.3 Å². The van der Waals surface area contributed by atoms with E-state index in [0.29, 0.717) is 12.3 Å². The summed E-state index contributed by atoms with van der Waals surface area (Å²) in [6.07, 6.45) is 0. The lowest BCUT2D eigenvalue weighted by Crippen LogP contribution is -2.25. The molecular weight excluding hydrogens is 346 g/mol. The number of nitrogens with one attached hydrogen (secondary N) is 1. The molecule has 0 aliphatic rings. The first-order chi connectivity index (χ1) is 10.4. The second-order valence-corrected chi connectivity index (χ2v) is 6.08. The number of amides is 1. The minimum Gasteiger partial charge on any atom is -0.497 e. The Labute approximate surface area is 138 Å². The molecule has 22 heavy (non-hydrogen) atoms. The van der Waals surface area contributed by atoms with E-state index < -0.39 is 0 Å². The molecule has 6 heteroatoms. The number of carbonyl (C=O) groups excluding carboxylic acids is 1. The number of nitrogens with zero attached hydrogens (tertiary/aromatic N) is 2. The number of aromatic nitrogens is 2. The van der Waals surface area contributed by atoms with Gasteiger partial charge in [0, 0.05) is 17.4 Å². The van der Waals surface area contributed by atoms with Crippen molar-refractivity contribution in [1.82, 2.24) is 9.78 Å². The number of ether oxygens (including phenoxy) is 1. The van der Waals surface area contributed by atoms with Gasteiger partial charge < -0.3 is 10.1 Å². The molecule has 1 aromatic carbocycles. The molecule has 2 rings (SSSR count). The topological polar surface area (TPSA) is 56.1 Å². The zero-order valence-corrected chi connectivity index (χ0v) is 14.8. The van der Waals surface area contributed by atoms with Crippen LogP contribution in [0.2, 0.25) is 0 Å². The fourth-order valence-electron chi connectivity index (χ4n) is 2.16. The number of hydrogen-bond donors (Lipinski definition) is 1. The molecule has 1 aromatic heterocycles. The Hall–Kier alpha value is -1.82. The van der Waals surface area contributed by atoms with Gasteiger partial charge in [-0.2, -0.15) is 5.10 Å². The van der Waals surface area contributed by atoms with Crippen LogP contribution in [0.25, 0.3) is 0 Å². The van der Waals surface area contributed by atoms with E-state index in [2.05, 4.69) is 26.3 Å². The van der Waals surface area contributed by atoms with Crippen LogP contribution in [0.4, 0.5) is 5.69 Å². The van der Waals surface area contributed by atoms with Crippen LogP contribution in [-0.4, -0.2) is 22.8 Å². The number of carbonyl (C=O) groups is 1. The third-order valence-electron chi connectivity index (χ3n) is 3.52. The molecule has 1 amide bonds. The van der Waals surface area contributed by atoms with Gasteiger partial charge in [-0.05, 0) is 41.9 Å². The third kappa shape index (κ3) is 3.68. The van der Waals surface area contributed by atoms with Gasteiger partial charge in [0.2, 0.25) is 5.91 Å². The van der Waals surface area contributed by atoms with Crippen molar-refractivity contribution in [2.75, 3.05) is 12.4 Å². The minimum absolute atomic E-state index is 0.0445. The van der Waals surface area contributed by atoms with E-state index in [1.807, 2.05) is 43.7 Å². The van der Waals surface area contributed by atoms with E-state index in [9.17, 15) is 4.79 Å². The number of hydrogen-bond acceptors (Lipinski definition) is 3. The normalized spacial score (nSPS) is 12.0. The van der Waals surface area contributed by atoms with Gasteiger partial charge in [0.05, 0.1) is 29.7 Å². The molecule has 0 spiro atoms. The molecule has 1 N–H and O–H groups in total. The SMILES string of the molecule is COc1cccc(NC(=O)[C@H](C)Cn2nc(C)c(Br)c2C)c1. The van der Waals surface area contributed by atoms with Gasteiger partial charge >= 0.3 is 0 Å². The highest BCUT2D eigenvalue weighted by molar-refractivity contribution is 9.10. The van der Waals surface area contributed by atoms with Crippen molar-refractivity contribution in [3.63, 3.8) is 0 Å². The average Bonchev–Trinajstić information content (AvgIpc) is 2.74. The highest BCUT2D eigenvalue weighted by Gasteiger charge is 2.17. The molecule has 0 saturated heterocycles. The van der Waals surface area contributed by atoms with Gasteiger partial charge in [0.1, 0.15) is 5.75 Å². The maximum absolute atomic E-state index is 12.3. The Morgan fingerprint density at radius 3 is 2.77 bits per heavy atom. The van der Waals surface area contributed by atoms with Gasteiger partial charge in [-0.25, -0.2) is 0 Å². The quantitative estimate of drug-likeness (QED) is 0.881. The Balaban J connectivity index is 2.04. The van der Waals surface area contributed by atoms with Crippen LogP contribution >= 0.6 is 15.9 Å². The molecule has 0 aliphatic heterocycles. The summed E-state index contributed by atoms with van der Waals surface area (Å²) in [7, 11) is 1.60. The summed E-state index contributed by atoms with van der Waals surface area (Å²) in [4.78, 5) is 12.3. The summed E-state index contributed by atoms with van der Waals surface area (Å²) in [6, 6.07) is 7.32. The van der Waals surface area contributed by atoms with Crippen LogP contribution in [0.3, 0.4) is 0 Å². The molecule has 0 saturated carbocycles. The van der Waals surface area contributed by atoms with Crippen LogP contribution < -0.4 is 10.1 Å². The van der Waals surface area contributed by atoms with Crippen molar-refractivity contribution < 1.29 is 9.53 Å². The molecule has 0 radical (unpaired) electrons. The predicted octanol–water partition coefficient (Wildman–Crippen LogP) is 3.55. The number of aryl methyl sites for hydroxylation is 1. The summed E-state index contributed by atoms with van der Waals surface area (Å²) < 4.78 is 8.00. The molecule has 118 valence electrons. The Bertz CT molecular complexity index is 682. The lowest BCUT2D eigenvalue weighted by atomic mass is 10.1. The van der Waals surface area contributed by atoms with Crippen LogP contribution in [0, 0.1) is 19.8 Å². The van der Waals surface area contributed by atoms with Crippen LogP contribution in [0.5, 0.6) is 5.75 Å². The van der Waals surface area contributed by atoms with E-state index in [-0.39, 0.29) is 11.8 Å². The van der Waals surface area contributed by atoms with E-state index in [0.717, 1.165) is 21.5 Å². The second kappa shape index (κ2) is 6.96. The Morgan fingerprint density at radius 1 is 1.45 bits per heavy atom. The van der Waals surface area contributed by atoms with Crippen molar-refractivity contribution in [3.8, 4) is 5.75 Å². The number of methoxy groups -OCH3 is 1. The zero-order chi connectivity index (χ0) is 16.3. The molecule has 0 fully saturated rings. The Kier molecular flexibility index (Phi) is 5.24. The molecule has 0 bridgehead atoms. The van der Waals surface area contributed by atoms with E-state index in [4.69, 9.17) is 4.74 Å². The van der Waals surface area contributed by atoms with Crippen molar-refractivity contribution in [3.05, 3.63) is 40.1 Å². The fourth-order valence-corrected chi connectivity index (χ4v) is 2.45. The second-order valence-electron chi connectivity index (χ2n) is 5.29. The van der Waals surface area contributed by atoms with E-state index >= 15 is 0 Å². The standard InChI is InChI=1S/C16H20BrN3O2/c1-10(9-20-12(3)15(17)11(2)19-20)16(21)18-13-6-5-7-14(8-13)22-4/h5-8,10H,9H2,1-4H3,(H,18,21)/t10-/m1/s1. The average molecular weight is 366 g/mol. The first-order valence-electron chi connectivity index (χ1n) is 7.06. The number of benzene rings is 1. The van der Waals surface area contributed by atoms with Crippen molar-refractivity contribution in [1.29, 1.82) is 0 Å². The van der Waals surface area contributed by atoms with Gasteiger partial charge in [-0.1, -0.05) is 13.0 Å². The number of anilines is 1. The maximum Gasteiger partial charge on any atom is 0.229 e.